The number of anilines is 1. The Kier molecular flexibility index (Phi) is 5.90. The summed E-state index contributed by atoms with van der Waals surface area (Å²) in [5.74, 6) is -0.794. The van der Waals surface area contributed by atoms with Crippen LogP contribution < -0.4 is 4.90 Å². The smallest absolute Gasteiger partial charge is 0.261 e. The molecule has 0 aromatic heterocycles. The summed E-state index contributed by atoms with van der Waals surface area (Å²) in [6.45, 7) is 8.64. The van der Waals surface area contributed by atoms with E-state index in [1.807, 2.05) is 49.4 Å². The molecule has 33 heavy (non-hydrogen) atoms. The molecule has 0 spiro atoms. The van der Waals surface area contributed by atoms with E-state index in [1.54, 1.807) is 35.2 Å². The van der Waals surface area contributed by atoms with Crippen molar-refractivity contribution in [3.63, 3.8) is 0 Å². The third kappa shape index (κ3) is 4.31. The zero-order valence-electron chi connectivity index (χ0n) is 19.5. The Labute approximate surface area is 194 Å². The van der Waals surface area contributed by atoms with E-state index in [0.29, 0.717) is 16.7 Å². The number of benzene rings is 3. The van der Waals surface area contributed by atoms with Crippen LogP contribution in [-0.2, 0) is 5.41 Å². The van der Waals surface area contributed by atoms with E-state index in [4.69, 9.17) is 0 Å². The van der Waals surface area contributed by atoms with Crippen LogP contribution in [0.1, 0.15) is 63.0 Å². The standard InChI is InChI=1S/C28H28N2O3/c1-19-9-5-6-10-22(19)25(31)29(21-15-13-20(14-16-21)28(2,3)4)17-18-30-26(32)23-11-7-8-12-24(23)27(30)33/h5-16H,17-18H2,1-4H3. The van der Waals surface area contributed by atoms with Gasteiger partial charge in [0.1, 0.15) is 0 Å². The Morgan fingerprint density at radius 1 is 0.818 bits per heavy atom. The van der Waals surface area contributed by atoms with Crippen LogP contribution in [0.2, 0.25) is 0 Å². The molecular weight excluding hydrogens is 412 g/mol. The molecule has 0 unspecified atom stereocenters. The summed E-state index contributed by atoms with van der Waals surface area (Å²) >= 11 is 0. The SMILES string of the molecule is Cc1ccccc1C(=O)N(CCN1C(=O)c2ccccc2C1=O)c1ccc(C(C)(C)C)cc1. The minimum atomic E-state index is -0.318. The number of rotatable bonds is 5. The Bertz CT molecular complexity index is 1190. The summed E-state index contributed by atoms with van der Waals surface area (Å²) in [7, 11) is 0. The number of aryl methyl sites for hydroxylation is 1. The van der Waals surface area contributed by atoms with Gasteiger partial charge in [-0.3, -0.25) is 19.3 Å². The maximum absolute atomic E-state index is 13.6. The zero-order chi connectivity index (χ0) is 23.8. The van der Waals surface area contributed by atoms with E-state index < -0.39 is 0 Å². The second-order valence-corrected chi connectivity index (χ2v) is 9.38. The van der Waals surface area contributed by atoms with E-state index in [9.17, 15) is 14.4 Å². The highest BCUT2D eigenvalue weighted by molar-refractivity contribution is 6.21. The van der Waals surface area contributed by atoms with Gasteiger partial charge in [-0.1, -0.05) is 63.2 Å². The first-order valence-corrected chi connectivity index (χ1v) is 11.1. The number of fused-ring (bicyclic) bond motifs is 1. The van der Waals surface area contributed by atoms with Gasteiger partial charge < -0.3 is 4.90 Å². The molecule has 0 atom stereocenters. The van der Waals surface area contributed by atoms with Crippen molar-refractivity contribution >= 4 is 23.4 Å². The first-order valence-electron chi connectivity index (χ1n) is 11.1. The van der Waals surface area contributed by atoms with Crippen molar-refractivity contribution in [3.8, 4) is 0 Å². The highest BCUT2D eigenvalue weighted by Gasteiger charge is 2.35. The Morgan fingerprint density at radius 2 is 1.36 bits per heavy atom. The third-order valence-corrected chi connectivity index (χ3v) is 6.09. The molecule has 0 fully saturated rings. The molecule has 5 heteroatoms. The molecule has 4 rings (SSSR count). The van der Waals surface area contributed by atoms with Crippen LogP contribution >= 0.6 is 0 Å². The maximum Gasteiger partial charge on any atom is 0.261 e. The highest BCUT2D eigenvalue weighted by Crippen LogP contribution is 2.27. The summed E-state index contributed by atoms with van der Waals surface area (Å²) < 4.78 is 0. The number of hydrogen-bond donors (Lipinski definition) is 0. The molecule has 0 radical (unpaired) electrons. The predicted molar refractivity (Wildman–Crippen MR) is 130 cm³/mol. The van der Waals surface area contributed by atoms with Gasteiger partial charge in [-0.05, 0) is 53.8 Å². The molecule has 3 amide bonds. The molecule has 3 aromatic rings. The summed E-state index contributed by atoms with van der Waals surface area (Å²) in [5.41, 5.74) is 4.17. The van der Waals surface area contributed by atoms with Crippen molar-refractivity contribution in [2.45, 2.75) is 33.1 Å². The Hall–Kier alpha value is -3.73. The maximum atomic E-state index is 13.6. The Morgan fingerprint density at radius 3 is 1.91 bits per heavy atom. The van der Waals surface area contributed by atoms with E-state index in [0.717, 1.165) is 16.8 Å². The molecule has 3 aromatic carbocycles. The van der Waals surface area contributed by atoms with Crippen molar-refractivity contribution in [2.75, 3.05) is 18.0 Å². The number of nitrogens with zero attached hydrogens (tertiary/aromatic N) is 2. The number of hydrogen-bond acceptors (Lipinski definition) is 3. The molecule has 1 aliphatic rings. The monoisotopic (exact) mass is 440 g/mol. The summed E-state index contributed by atoms with van der Waals surface area (Å²) in [6, 6.07) is 22.2. The van der Waals surface area contributed by atoms with Gasteiger partial charge >= 0.3 is 0 Å². The molecule has 0 saturated heterocycles. The summed E-state index contributed by atoms with van der Waals surface area (Å²) in [4.78, 5) is 42.1. The van der Waals surface area contributed by atoms with Gasteiger partial charge in [0.15, 0.2) is 0 Å². The van der Waals surface area contributed by atoms with Gasteiger partial charge in [-0.2, -0.15) is 0 Å². The number of carbonyl (C=O) groups is 3. The second kappa shape index (κ2) is 8.66. The lowest BCUT2D eigenvalue weighted by Gasteiger charge is -2.27. The third-order valence-electron chi connectivity index (χ3n) is 6.09. The fraction of sp³-hybridized carbons (Fsp3) is 0.250. The van der Waals surface area contributed by atoms with Crippen LogP contribution in [0.4, 0.5) is 5.69 Å². The molecule has 1 heterocycles. The van der Waals surface area contributed by atoms with Gasteiger partial charge in [0.05, 0.1) is 11.1 Å². The zero-order valence-corrected chi connectivity index (χ0v) is 19.5. The van der Waals surface area contributed by atoms with Crippen LogP contribution in [0.5, 0.6) is 0 Å². The van der Waals surface area contributed by atoms with E-state index in [1.165, 1.54) is 4.90 Å². The largest absolute Gasteiger partial charge is 0.307 e. The van der Waals surface area contributed by atoms with Crippen molar-refractivity contribution < 1.29 is 14.4 Å². The fourth-order valence-electron chi connectivity index (χ4n) is 4.09. The van der Waals surface area contributed by atoms with Gasteiger partial charge in [0, 0.05) is 24.3 Å². The molecule has 0 saturated carbocycles. The highest BCUT2D eigenvalue weighted by atomic mass is 16.2. The minimum absolute atomic E-state index is 0.0104. The normalized spacial score (nSPS) is 13.3. The van der Waals surface area contributed by atoms with Crippen molar-refractivity contribution in [3.05, 3.63) is 101 Å². The van der Waals surface area contributed by atoms with E-state index >= 15 is 0 Å². The topological polar surface area (TPSA) is 57.7 Å². The number of imide groups is 1. The summed E-state index contributed by atoms with van der Waals surface area (Å²) in [5, 5.41) is 0. The first-order chi connectivity index (χ1) is 15.7. The van der Waals surface area contributed by atoms with Gasteiger partial charge in [-0.15, -0.1) is 0 Å². The predicted octanol–water partition coefficient (Wildman–Crippen LogP) is 5.24. The van der Waals surface area contributed by atoms with Crippen LogP contribution in [-0.4, -0.2) is 35.7 Å². The van der Waals surface area contributed by atoms with Crippen LogP contribution in [0.15, 0.2) is 72.8 Å². The number of amides is 3. The minimum Gasteiger partial charge on any atom is -0.307 e. The molecule has 0 aliphatic carbocycles. The molecule has 5 nitrogen and oxygen atoms in total. The molecule has 1 aliphatic heterocycles. The lowest BCUT2D eigenvalue weighted by Crippen LogP contribution is -2.41. The van der Waals surface area contributed by atoms with Crippen molar-refractivity contribution in [1.29, 1.82) is 0 Å². The quantitative estimate of drug-likeness (QED) is 0.510. The lowest BCUT2D eigenvalue weighted by atomic mass is 9.87. The van der Waals surface area contributed by atoms with E-state index in [2.05, 4.69) is 20.8 Å². The molecular formula is C28H28N2O3. The average Bonchev–Trinajstić information content (AvgIpc) is 3.04. The Balaban J connectivity index is 1.64. The first kappa shape index (κ1) is 22.5. The summed E-state index contributed by atoms with van der Waals surface area (Å²) in [6.07, 6.45) is 0. The molecule has 0 N–H and O–H groups in total. The fourth-order valence-corrected chi connectivity index (χ4v) is 4.09. The van der Waals surface area contributed by atoms with Crippen LogP contribution in [0.3, 0.4) is 0 Å². The van der Waals surface area contributed by atoms with Crippen molar-refractivity contribution in [1.82, 2.24) is 4.90 Å². The van der Waals surface area contributed by atoms with Crippen molar-refractivity contribution in [2.24, 2.45) is 0 Å². The van der Waals surface area contributed by atoms with Gasteiger partial charge in [0.25, 0.3) is 17.7 Å². The van der Waals surface area contributed by atoms with E-state index in [-0.39, 0.29) is 36.2 Å². The van der Waals surface area contributed by atoms with Gasteiger partial charge in [-0.25, -0.2) is 0 Å². The lowest BCUT2D eigenvalue weighted by molar-refractivity contribution is 0.0654. The number of carbonyl (C=O) groups excluding carboxylic acids is 3. The molecule has 168 valence electrons. The van der Waals surface area contributed by atoms with Crippen LogP contribution in [0.25, 0.3) is 0 Å². The van der Waals surface area contributed by atoms with Gasteiger partial charge in [0.2, 0.25) is 0 Å². The van der Waals surface area contributed by atoms with Crippen LogP contribution in [0, 0.1) is 6.92 Å². The second-order valence-electron chi connectivity index (χ2n) is 9.38. The molecule has 0 bridgehead atoms. The average molecular weight is 441 g/mol.